The molecule has 1 atom stereocenters. The van der Waals surface area contributed by atoms with Gasteiger partial charge in [-0.25, -0.2) is 0 Å². The topological polar surface area (TPSA) is 27.0 Å². The Morgan fingerprint density at radius 3 is 2.60 bits per heavy atom. The Hall–Kier alpha value is -0.550. The maximum Gasteiger partial charge on any atom is 0.0951 e. The summed E-state index contributed by atoms with van der Waals surface area (Å²) in [5.74, 6) is 0. The zero-order chi connectivity index (χ0) is 7.56. The molecule has 1 fully saturated rings. The number of hydrogen-bond donors (Lipinski definition) is 0. The van der Waals surface area contributed by atoms with Crippen LogP contribution in [0, 0.1) is 11.3 Å². The highest BCUT2D eigenvalue weighted by Crippen LogP contribution is 2.27. The molecule has 0 aliphatic heterocycles. The second-order valence-corrected chi connectivity index (χ2v) is 2.87. The van der Waals surface area contributed by atoms with Crippen molar-refractivity contribution in [2.45, 2.75) is 38.8 Å². The molecule has 10 heavy (non-hydrogen) atoms. The van der Waals surface area contributed by atoms with Crippen molar-refractivity contribution in [3.8, 4) is 6.07 Å². The highest BCUT2D eigenvalue weighted by Gasteiger charge is 2.30. The van der Waals surface area contributed by atoms with Crippen LogP contribution in [-0.2, 0) is 0 Å². The lowest BCUT2D eigenvalue weighted by Gasteiger charge is -2.21. The molecule has 0 aromatic heterocycles. The molecule has 56 valence electrons. The summed E-state index contributed by atoms with van der Waals surface area (Å²) < 4.78 is 0. The van der Waals surface area contributed by atoms with Crippen LogP contribution in [0.4, 0.5) is 0 Å². The Labute approximate surface area is 62.4 Å². The van der Waals surface area contributed by atoms with Crippen molar-refractivity contribution in [3.63, 3.8) is 0 Å². The van der Waals surface area contributed by atoms with Crippen molar-refractivity contribution in [2.75, 3.05) is 6.54 Å². The second kappa shape index (κ2) is 3.03. The van der Waals surface area contributed by atoms with Crippen molar-refractivity contribution in [1.29, 1.82) is 5.26 Å². The van der Waals surface area contributed by atoms with Crippen LogP contribution in [0.5, 0.6) is 0 Å². The van der Waals surface area contributed by atoms with Crippen molar-refractivity contribution in [1.82, 2.24) is 4.90 Å². The molecule has 0 heterocycles. The third kappa shape index (κ3) is 1.48. The first-order valence-corrected chi connectivity index (χ1v) is 3.95. The van der Waals surface area contributed by atoms with Gasteiger partial charge in [0, 0.05) is 6.04 Å². The van der Waals surface area contributed by atoms with Gasteiger partial charge in [0.1, 0.15) is 0 Å². The van der Waals surface area contributed by atoms with Crippen molar-refractivity contribution in [3.05, 3.63) is 0 Å². The van der Waals surface area contributed by atoms with Gasteiger partial charge in [0.05, 0.1) is 12.1 Å². The normalized spacial score (nSPS) is 20.6. The molecule has 0 spiro atoms. The Morgan fingerprint density at radius 1 is 1.70 bits per heavy atom. The van der Waals surface area contributed by atoms with E-state index in [0.29, 0.717) is 0 Å². The molecule has 1 aliphatic rings. The molecular weight excluding hydrogens is 124 g/mol. The van der Waals surface area contributed by atoms with E-state index in [-0.39, 0.29) is 6.04 Å². The lowest BCUT2D eigenvalue weighted by atomic mass is 10.3. The fourth-order valence-corrected chi connectivity index (χ4v) is 1.33. The highest BCUT2D eigenvalue weighted by atomic mass is 15.2. The van der Waals surface area contributed by atoms with E-state index in [9.17, 15) is 0 Å². The molecule has 0 radical (unpaired) electrons. The Kier molecular flexibility index (Phi) is 2.29. The molecule has 0 aromatic carbocycles. The summed E-state index contributed by atoms with van der Waals surface area (Å²) in [7, 11) is 0. The predicted octanol–water partition coefficient (Wildman–Crippen LogP) is 1.38. The average Bonchev–Trinajstić information content (AvgIpc) is 2.73. The molecule has 1 saturated carbocycles. The maximum atomic E-state index is 8.62. The number of nitriles is 1. The van der Waals surface area contributed by atoms with Crippen LogP contribution in [0.2, 0.25) is 0 Å². The molecule has 1 rings (SSSR count). The minimum atomic E-state index is 0.109. The van der Waals surface area contributed by atoms with Gasteiger partial charge in [0.25, 0.3) is 0 Å². The highest BCUT2D eigenvalue weighted by molar-refractivity contribution is 4.95. The van der Waals surface area contributed by atoms with Gasteiger partial charge in [-0.3, -0.25) is 4.90 Å². The predicted molar refractivity (Wildman–Crippen MR) is 40.5 cm³/mol. The standard InChI is InChI=1S/C8H14N2/c1-3-10(7(2)6-9)8-4-5-8/h7-8H,3-5H2,1-2H3. The van der Waals surface area contributed by atoms with Gasteiger partial charge in [-0.15, -0.1) is 0 Å². The quantitative estimate of drug-likeness (QED) is 0.589. The summed E-state index contributed by atoms with van der Waals surface area (Å²) in [5.41, 5.74) is 0. The average molecular weight is 138 g/mol. The van der Waals surface area contributed by atoms with E-state index in [1.165, 1.54) is 12.8 Å². The summed E-state index contributed by atoms with van der Waals surface area (Å²) in [4.78, 5) is 2.26. The molecular formula is C8H14N2. The Bertz CT molecular complexity index is 144. The SMILES string of the molecule is CCN(C(C)C#N)C1CC1. The number of rotatable bonds is 3. The number of nitrogens with zero attached hydrogens (tertiary/aromatic N) is 2. The summed E-state index contributed by atoms with van der Waals surface area (Å²) in [6.45, 7) is 5.10. The third-order valence-corrected chi connectivity index (χ3v) is 2.07. The van der Waals surface area contributed by atoms with Crippen molar-refractivity contribution in [2.24, 2.45) is 0 Å². The molecule has 0 amide bonds. The van der Waals surface area contributed by atoms with Crippen LogP contribution in [0.15, 0.2) is 0 Å². The van der Waals surface area contributed by atoms with E-state index in [1.54, 1.807) is 0 Å². The largest absolute Gasteiger partial charge is 0.286 e. The third-order valence-electron chi connectivity index (χ3n) is 2.07. The summed E-state index contributed by atoms with van der Waals surface area (Å²) in [6.07, 6.45) is 2.58. The van der Waals surface area contributed by atoms with Crippen LogP contribution in [0.3, 0.4) is 0 Å². The van der Waals surface area contributed by atoms with Crippen LogP contribution >= 0.6 is 0 Å². The van der Waals surface area contributed by atoms with Gasteiger partial charge < -0.3 is 0 Å². The van der Waals surface area contributed by atoms with Crippen LogP contribution < -0.4 is 0 Å². The summed E-state index contributed by atoms with van der Waals surface area (Å²) in [6, 6.07) is 3.09. The Morgan fingerprint density at radius 2 is 2.30 bits per heavy atom. The molecule has 1 aliphatic carbocycles. The first-order chi connectivity index (χ1) is 4.79. The molecule has 0 aromatic rings. The Balaban J connectivity index is 2.40. The van der Waals surface area contributed by atoms with Crippen LogP contribution in [0.1, 0.15) is 26.7 Å². The molecule has 0 N–H and O–H groups in total. The number of hydrogen-bond acceptors (Lipinski definition) is 2. The molecule has 1 unspecified atom stereocenters. The van der Waals surface area contributed by atoms with E-state index in [2.05, 4.69) is 17.9 Å². The van der Waals surface area contributed by atoms with E-state index < -0.39 is 0 Å². The van der Waals surface area contributed by atoms with Crippen molar-refractivity contribution < 1.29 is 0 Å². The van der Waals surface area contributed by atoms with Gasteiger partial charge in [-0.2, -0.15) is 5.26 Å². The molecule has 0 saturated heterocycles. The lowest BCUT2D eigenvalue weighted by Crippen LogP contribution is -2.33. The monoisotopic (exact) mass is 138 g/mol. The van der Waals surface area contributed by atoms with Gasteiger partial charge in [0.15, 0.2) is 0 Å². The van der Waals surface area contributed by atoms with E-state index in [4.69, 9.17) is 5.26 Å². The van der Waals surface area contributed by atoms with Gasteiger partial charge in [-0.1, -0.05) is 6.92 Å². The summed E-state index contributed by atoms with van der Waals surface area (Å²) >= 11 is 0. The molecule has 2 heteroatoms. The lowest BCUT2D eigenvalue weighted by molar-refractivity contribution is 0.248. The van der Waals surface area contributed by atoms with E-state index in [1.807, 2.05) is 6.92 Å². The second-order valence-electron chi connectivity index (χ2n) is 2.87. The van der Waals surface area contributed by atoms with Crippen LogP contribution in [-0.4, -0.2) is 23.5 Å². The fourth-order valence-electron chi connectivity index (χ4n) is 1.33. The zero-order valence-electron chi connectivity index (χ0n) is 6.67. The maximum absolute atomic E-state index is 8.62. The minimum Gasteiger partial charge on any atom is -0.286 e. The molecule has 2 nitrogen and oxygen atoms in total. The first kappa shape index (κ1) is 7.56. The first-order valence-electron chi connectivity index (χ1n) is 3.95. The minimum absolute atomic E-state index is 0.109. The zero-order valence-corrected chi connectivity index (χ0v) is 6.67. The molecule has 0 bridgehead atoms. The van der Waals surface area contributed by atoms with E-state index >= 15 is 0 Å². The summed E-state index contributed by atoms with van der Waals surface area (Å²) in [5, 5.41) is 8.62. The fraction of sp³-hybridized carbons (Fsp3) is 0.875. The van der Waals surface area contributed by atoms with Gasteiger partial charge >= 0.3 is 0 Å². The smallest absolute Gasteiger partial charge is 0.0951 e. The van der Waals surface area contributed by atoms with E-state index in [0.717, 1.165) is 12.6 Å². The van der Waals surface area contributed by atoms with Gasteiger partial charge in [0.2, 0.25) is 0 Å². The van der Waals surface area contributed by atoms with Gasteiger partial charge in [-0.05, 0) is 26.3 Å². The van der Waals surface area contributed by atoms with Crippen molar-refractivity contribution >= 4 is 0 Å². The van der Waals surface area contributed by atoms with Crippen LogP contribution in [0.25, 0.3) is 0 Å².